The molecule has 0 unspecified atom stereocenters. The lowest BCUT2D eigenvalue weighted by molar-refractivity contribution is -0.00294. The molecule has 29 heavy (non-hydrogen) atoms. The van der Waals surface area contributed by atoms with Crippen LogP contribution in [0.15, 0.2) is 30.3 Å². The normalized spacial score (nSPS) is 34.2. The summed E-state index contributed by atoms with van der Waals surface area (Å²) in [5, 5.41) is 0. The molecule has 0 aromatic heterocycles. The predicted octanol–water partition coefficient (Wildman–Crippen LogP) is 4.87. The molecule has 2 heterocycles. The van der Waals surface area contributed by atoms with Crippen molar-refractivity contribution < 1.29 is 27.9 Å². The first-order valence-electron chi connectivity index (χ1n) is 10.6. The van der Waals surface area contributed by atoms with Crippen molar-refractivity contribution >= 4 is 13.4 Å². The van der Waals surface area contributed by atoms with Gasteiger partial charge in [0.25, 0.3) is 0 Å². The highest BCUT2D eigenvalue weighted by Gasteiger charge is 2.40. The van der Waals surface area contributed by atoms with Gasteiger partial charge in [0.15, 0.2) is 5.78 Å². The molecule has 2 saturated heterocycles. The average molecular weight is 424 g/mol. The molecular formula is C22H33O6P. The zero-order valence-electron chi connectivity index (χ0n) is 17.8. The summed E-state index contributed by atoms with van der Waals surface area (Å²) in [5.74, 6) is 0.417. The van der Waals surface area contributed by atoms with E-state index in [1.165, 1.54) is 6.66 Å². The van der Waals surface area contributed by atoms with Gasteiger partial charge in [-0.2, -0.15) is 0 Å². The van der Waals surface area contributed by atoms with Gasteiger partial charge in [-0.1, -0.05) is 44.2 Å². The minimum atomic E-state index is -3.25. The highest BCUT2D eigenvalue weighted by molar-refractivity contribution is 7.53. The summed E-state index contributed by atoms with van der Waals surface area (Å²) in [7, 11) is -3.25. The van der Waals surface area contributed by atoms with Crippen molar-refractivity contribution in [3.63, 3.8) is 0 Å². The second-order valence-corrected chi connectivity index (χ2v) is 10.4. The highest BCUT2D eigenvalue weighted by Crippen LogP contribution is 2.49. The third-order valence-electron chi connectivity index (χ3n) is 5.73. The largest absolute Gasteiger partial charge is 0.373 e. The minimum Gasteiger partial charge on any atom is -0.373 e. The molecule has 2 aliphatic heterocycles. The van der Waals surface area contributed by atoms with Crippen molar-refractivity contribution in [2.75, 3.05) is 13.3 Å². The third kappa shape index (κ3) is 6.22. The first-order valence-corrected chi connectivity index (χ1v) is 12.6. The highest BCUT2D eigenvalue weighted by atomic mass is 31.2. The average Bonchev–Trinajstić information content (AvgIpc) is 3.21. The molecule has 0 N–H and O–H groups in total. The Balaban J connectivity index is 1.52. The quantitative estimate of drug-likeness (QED) is 0.416. The number of carbonyl (C=O) groups is 1. The summed E-state index contributed by atoms with van der Waals surface area (Å²) in [6.07, 6.45) is 1.90. The Kier molecular flexibility index (Phi) is 7.69. The number of carbonyl (C=O) groups excluding carboxylic acids is 1. The van der Waals surface area contributed by atoms with Crippen LogP contribution in [0.25, 0.3) is 0 Å². The maximum absolute atomic E-state index is 12.9. The van der Waals surface area contributed by atoms with Crippen molar-refractivity contribution in [1.29, 1.82) is 0 Å². The number of ether oxygens (including phenoxy) is 2. The lowest BCUT2D eigenvalue weighted by atomic mass is 10.0. The molecule has 0 saturated carbocycles. The Morgan fingerprint density at radius 1 is 1.14 bits per heavy atom. The predicted molar refractivity (Wildman–Crippen MR) is 111 cm³/mol. The molecule has 0 radical (unpaired) electrons. The number of hydrogen-bond acceptors (Lipinski definition) is 6. The van der Waals surface area contributed by atoms with Crippen LogP contribution in [0.4, 0.5) is 0 Å². The molecule has 1 aromatic carbocycles. The van der Waals surface area contributed by atoms with Gasteiger partial charge in [0.1, 0.15) is 0 Å². The second kappa shape index (κ2) is 9.84. The van der Waals surface area contributed by atoms with Crippen LogP contribution in [0.5, 0.6) is 0 Å². The van der Waals surface area contributed by atoms with Gasteiger partial charge < -0.3 is 18.5 Å². The molecule has 0 spiro atoms. The zero-order valence-corrected chi connectivity index (χ0v) is 18.7. The van der Waals surface area contributed by atoms with Gasteiger partial charge in [0, 0.05) is 25.1 Å². The van der Waals surface area contributed by atoms with E-state index in [0.717, 1.165) is 12.8 Å². The molecule has 0 amide bonds. The molecule has 1 aromatic rings. The summed E-state index contributed by atoms with van der Waals surface area (Å²) in [4.78, 5) is 12.5. The van der Waals surface area contributed by atoms with Crippen LogP contribution >= 0.6 is 7.60 Å². The first-order chi connectivity index (χ1) is 13.8. The van der Waals surface area contributed by atoms with Crippen LogP contribution in [0.3, 0.4) is 0 Å². The molecule has 0 aliphatic carbocycles. The van der Waals surface area contributed by atoms with Crippen LogP contribution in [-0.2, 0) is 23.1 Å². The van der Waals surface area contributed by atoms with Crippen LogP contribution in [0.2, 0.25) is 0 Å². The molecule has 7 heteroatoms. The topological polar surface area (TPSA) is 71.1 Å². The number of ketones is 1. The van der Waals surface area contributed by atoms with E-state index >= 15 is 0 Å². The van der Waals surface area contributed by atoms with E-state index in [1.807, 2.05) is 44.2 Å². The number of Topliss-reactive ketones (excluding diaryl/α,β-unsaturated/α-hetero) is 1. The van der Waals surface area contributed by atoms with E-state index in [4.69, 9.17) is 18.5 Å². The minimum absolute atomic E-state index is 0.0449. The standard InChI is InChI=1S/C22H33O6P/c1-5-20-21(13-18(27-20)12-19(23)17-9-7-6-8-10-17)28-29(4,24)25-14-22-15(2)11-16(3)26-22/h6-10,15-16,18,20-22H,5,11-14H2,1-4H3/t15-,16-,18-,20+,21-,22+,29+/m0/s1. The fourth-order valence-corrected chi connectivity index (χ4v) is 5.40. The van der Waals surface area contributed by atoms with Crippen molar-refractivity contribution in [3.05, 3.63) is 35.9 Å². The third-order valence-corrected chi connectivity index (χ3v) is 7.01. The van der Waals surface area contributed by atoms with Gasteiger partial charge in [-0.25, -0.2) is 0 Å². The lowest BCUT2D eigenvalue weighted by Gasteiger charge is -2.24. The Hall–Kier alpha value is -1.04. The Labute approximate surface area is 173 Å². The summed E-state index contributed by atoms with van der Waals surface area (Å²) in [5.41, 5.74) is 0.679. The maximum Gasteiger partial charge on any atom is 0.328 e. The summed E-state index contributed by atoms with van der Waals surface area (Å²) < 4.78 is 36.3. The van der Waals surface area contributed by atoms with Gasteiger partial charge in [-0.15, -0.1) is 0 Å². The molecule has 0 bridgehead atoms. The van der Waals surface area contributed by atoms with Gasteiger partial charge >= 0.3 is 7.60 Å². The second-order valence-electron chi connectivity index (χ2n) is 8.34. The maximum atomic E-state index is 12.9. The Morgan fingerprint density at radius 2 is 1.86 bits per heavy atom. The van der Waals surface area contributed by atoms with Crippen LogP contribution in [0.1, 0.15) is 56.8 Å². The molecule has 7 atom stereocenters. The van der Waals surface area contributed by atoms with Gasteiger partial charge in [0.2, 0.25) is 0 Å². The van der Waals surface area contributed by atoms with Crippen LogP contribution in [-0.4, -0.2) is 49.6 Å². The van der Waals surface area contributed by atoms with Crippen molar-refractivity contribution in [3.8, 4) is 0 Å². The molecule has 162 valence electrons. The Morgan fingerprint density at radius 3 is 2.48 bits per heavy atom. The fourth-order valence-electron chi connectivity index (χ4n) is 4.20. The number of benzene rings is 1. The smallest absolute Gasteiger partial charge is 0.328 e. The SMILES string of the molecule is CC[C@H]1O[C@@H](CC(=O)c2ccccc2)C[C@@H]1O[P@](C)(=O)OC[C@H]1O[C@@H](C)C[C@@H]1C. The number of rotatable bonds is 9. The first kappa shape index (κ1) is 22.6. The molecule has 2 fully saturated rings. The van der Waals surface area contributed by atoms with E-state index in [0.29, 0.717) is 24.3 Å². The Bertz CT molecular complexity index is 723. The zero-order chi connectivity index (χ0) is 21.0. The van der Waals surface area contributed by atoms with E-state index in [2.05, 4.69) is 6.92 Å². The lowest BCUT2D eigenvalue weighted by Crippen LogP contribution is -2.24. The molecular weight excluding hydrogens is 391 g/mol. The molecule has 6 nitrogen and oxygen atoms in total. The van der Waals surface area contributed by atoms with Crippen LogP contribution < -0.4 is 0 Å². The summed E-state index contributed by atoms with van der Waals surface area (Å²) in [6.45, 7) is 7.92. The van der Waals surface area contributed by atoms with E-state index < -0.39 is 7.60 Å². The van der Waals surface area contributed by atoms with Crippen molar-refractivity contribution in [2.45, 2.75) is 77.0 Å². The van der Waals surface area contributed by atoms with Crippen molar-refractivity contribution in [1.82, 2.24) is 0 Å². The van der Waals surface area contributed by atoms with Crippen LogP contribution in [0, 0.1) is 5.92 Å². The van der Waals surface area contributed by atoms with E-state index in [9.17, 15) is 9.36 Å². The monoisotopic (exact) mass is 424 g/mol. The molecule has 2 aliphatic rings. The van der Waals surface area contributed by atoms with Gasteiger partial charge in [-0.05, 0) is 25.7 Å². The fraction of sp³-hybridized carbons (Fsp3) is 0.682. The summed E-state index contributed by atoms with van der Waals surface area (Å²) >= 11 is 0. The van der Waals surface area contributed by atoms with E-state index in [-0.39, 0.29) is 42.9 Å². The van der Waals surface area contributed by atoms with Gasteiger partial charge in [-0.3, -0.25) is 9.36 Å². The number of hydrogen-bond donors (Lipinski definition) is 0. The van der Waals surface area contributed by atoms with Crippen molar-refractivity contribution in [2.24, 2.45) is 5.92 Å². The van der Waals surface area contributed by atoms with E-state index in [1.54, 1.807) is 0 Å². The summed E-state index contributed by atoms with van der Waals surface area (Å²) in [6, 6.07) is 9.21. The molecule has 3 rings (SSSR count). The van der Waals surface area contributed by atoms with Gasteiger partial charge in [0.05, 0.1) is 37.1 Å².